The van der Waals surface area contributed by atoms with Crippen molar-refractivity contribution < 1.29 is 14.9 Å². The second kappa shape index (κ2) is 5.57. The van der Waals surface area contributed by atoms with E-state index in [-0.39, 0.29) is 17.8 Å². The van der Waals surface area contributed by atoms with Crippen LogP contribution in [0.5, 0.6) is 11.5 Å². The number of nitrogens with zero attached hydrogens (tertiary/aromatic N) is 2. The number of fused-ring (bicyclic) bond motifs is 4. The molecular weight excluding hydrogens is 406 g/mol. The largest absolute Gasteiger partial charge is 0.504 e. The van der Waals surface area contributed by atoms with Crippen LogP contribution in [0.2, 0.25) is 0 Å². The number of phenols is 1. The maximum atomic E-state index is 12.5. The minimum atomic E-state index is -1.02. The first-order valence-corrected chi connectivity index (χ1v) is 11.0. The van der Waals surface area contributed by atoms with Gasteiger partial charge in [0, 0.05) is 28.9 Å². The van der Waals surface area contributed by atoms with E-state index in [0.29, 0.717) is 17.9 Å². The third kappa shape index (κ3) is 1.90. The quantitative estimate of drug-likeness (QED) is 0.294. The summed E-state index contributed by atoms with van der Waals surface area (Å²) in [4.78, 5) is 10.1. The zero-order valence-electron chi connectivity index (χ0n) is 17.7. The predicted molar refractivity (Wildman–Crippen MR) is 120 cm³/mol. The summed E-state index contributed by atoms with van der Waals surface area (Å²) in [6.45, 7) is 0.867. The van der Waals surface area contributed by atoms with Crippen LogP contribution in [0.3, 0.4) is 0 Å². The molecule has 7 rings (SSSR count). The maximum absolute atomic E-state index is 12.5. The fourth-order valence-electron chi connectivity index (χ4n) is 7.10. The van der Waals surface area contributed by atoms with Gasteiger partial charge in [-0.05, 0) is 61.8 Å². The third-order valence-corrected chi connectivity index (χ3v) is 8.37. The first kappa shape index (κ1) is 18.4. The zero-order chi connectivity index (χ0) is 22.0. The zero-order valence-corrected chi connectivity index (χ0v) is 17.7. The number of ether oxygens (including phenoxy) is 1. The van der Waals surface area contributed by atoms with Crippen LogP contribution in [0.25, 0.3) is 10.9 Å². The number of likely N-dealkylation sites (tertiary alicyclic amines) is 1. The molecular formula is C24H25N5O3. The van der Waals surface area contributed by atoms with Crippen molar-refractivity contribution in [3.63, 3.8) is 0 Å². The summed E-state index contributed by atoms with van der Waals surface area (Å²) < 4.78 is 6.53. The summed E-state index contributed by atoms with van der Waals surface area (Å²) >= 11 is 0. The fourth-order valence-corrected chi connectivity index (χ4v) is 7.10. The Morgan fingerprint density at radius 3 is 2.94 bits per heavy atom. The summed E-state index contributed by atoms with van der Waals surface area (Å²) in [6, 6.07) is 9.46. The van der Waals surface area contributed by atoms with Gasteiger partial charge in [-0.15, -0.1) is 0 Å². The number of guanidine groups is 1. The van der Waals surface area contributed by atoms with Crippen LogP contribution in [0, 0.1) is 0 Å². The van der Waals surface area contributed by atoms with E-state index in [1.54, 1.807) is 6.07 Å². The summed E-state index contributed by atoms with van der Waals surface area (Å²) in [5, 5.41) is 24.2. The standard InChI is InChI=1S/C24H25N5O3/c1-29-7-6-23-18-11-2-5-16(30)20(18)32-21(23)19-14(10-24(23,31)17(29)8-11)13-9-12(27-22(25)26)3-4-15(13)28-19/h2-5,9,17,21,28,30-31H,6-8,10H2,1H3,(H4,25,26,27)/t17-,21-,23-,24+/m0/s1. The highest BCUT2D eigenvalue weighted by Crippen LogP contribution is 2.68. The molecule has 1 spiro atoms. The summed E-state index contributed by atoms with van der Waals surface area (Å²) in [5.74, 6) is 0.675. The molecule has 3 aromatic rings. The van der Waals surface area contributed by atoms with E-state index in [9.17, 15) is 10.2 Å². The van der Waals surface area contributed by atoms with Gasteiger partial charge in [0.25, 0.3) is 0 Å². The Labute approximate surface area is 184 Å². The minimum Gasteiger partial charge on any atom is -0.504 e. The van der Waals surface area contributed by atoms with E-state index in [1.165, 1.54) is 0 Å². The number of rotatable bonds is 1. The first-order chi connectivity index (χ1) is 15.3. The molecule has 0 radical (unpaired) electrons. The third-order valence-electron chi connectivity index (χ3n) is 8.37. The molecule has 1 aromatic heterocycles. The van der Waals surface area contributed by atoms with Gasteiger partial charge in [0.2, 0.25) is 0 Å². The Hall–Kier alpha value is -3.23. The maximum Gasteiger partial charge on any atom is 0.191 e. The lowest BCUT2D eigenvalue weighted by atomic mass is 9.49. The number of H-pyrrole nitrogens is 1. The van der Waals surface area contributed by atoms with Gasteiger partial charge >= 0.3 is 0 Å². The Kier molecular flexibility index (Phi) is 3.19. The Morgan fingerprint density at radius 1 is 1.28 bits per heavy atom. The van der Waals surface area contributed by atoms with Crippen molar-refractivity contribution in [1.82, 2.24) is 9.88 Å². The van der Waals surface area contributed by atoms with E-state index in [2.05, 4.69) is 21.9 Å². The van der Waals surface area contributed by atoms with Gasteiger partial charge in [-0.1, -0.05) is 6.07 Å². The van der Waals surface area contributed by atoms with Gasteiger partial charge in [0.1, 0.15) is 0 Å². The molecule has 8 nitrogen and oxygen atoms in total. The predicted octanol–water partition coefficient (Wildman–Crippen LogP) is 1.70. The number of aliphatic imine (C=N–C) groups is 1. The number of hydrogen-bond donors (Lipinski definition) is 5. The molecule has 2 aliphatic carbocycles. The molecule has 0 saturated carbocycles. The van der Waals surface area contributed by atoms with E-state index in [0.717, 1.165) is 52.7 Å². The van der Waals surface area contributed by atoms with Gasteiger partial charge in [0.05, 0.1) is 22.4 Å². The molecule has 32 heavy (non-hydrogen) atoms. The number of aromatic nitrogens is 1. The number of hydrogen-bond acceptors (Lipinski definition) is 5. The molecule has 2 bridgehead atoms. The van der Waals surface area contributed by atoms with Crippen molar-refractivity contribution in [2.75, 3.05) is 13.6 Å². The molecule has 0 unspecified atom stereocenters. The van der Waals surface area contributed by atoms with E-state index < -0.39 is 17.1 Å². The van der Waals surface area contributed by atoms with E-state index in [4.69, 9.17) is 16.2 Å². The number of piperidine rings is 1. The molecule has 2 aromatic carbocycles. The van der Waals surface area contributed by atoms with E-state index >= 15 is 0 Å². The molecule has 1 fully saturated rings. The Bertz CT molecular complexity index is 1360. The van der Waals surface area contributed by atoms with Gasteiger partial charge in [-0.25, -0.2) is 4.99 Å². The van der Waals surface area contributed by atoms with Crippen LogP contribution in [0.4, 0.5) is 5.69 Å². The van der Waals surface area contributed by atoms with Crippen molar-refractivity contribution in [1.29, 1.82) is 0 Å². The summed E-state index contributed by atoms with van der Waals surface area (Å²) in [5.41, 5.74) is 15.4. The Balaban J connectivity index is 1.54. The van der Waals surface area contributed by atoms with Crippen molar-refractivity contribution in [2.24, 2.45) is 16.5 Å². The fraction of sp³-hybridized carbons (Fsp3) is 0.375. The second-order valence-corrected chi connectivity index (χ2v) is 9.75. The average molecular weight is 431 g/mol. The lowest BCUT2D eigenvalue weighted by Crippen LogP contribution is -2.73. The highest BCUT2D eigenvalue weighted by molar-refractivity contribution is 5.90. The van der Waals surface area contributed by atoms with Crippen molar-refractivity contribution in [3.05, 3.63) is 52.7 Å². The first-order valence-electron chi connectivity index (χ1n) is 11.0. The molecule has 8 heteroatoms. The molecule has 164 valence electrons. The number of nitrogens with one attached hydrogen (secondary N) is 1. The van der Waals surface area contributed by atoms with Crippen LogP contribution in [0.1, 0.15) is 34.9 Å². The molecule has 4 aliphatic rings. The van der Waals surface area contributed by atoms with Crippen LogP contribution in [-0.4, -0.2) is 51.3 Å². The molecule has 0 amide bonds. The SMILES string of the molecule is CN1CC[C@]23c4c5ccc(O)c4O[C@H]2c2[nH]c4ccc(N=C(N)N)cc4c2C[C@@]3(O)[C@@H]1C5. The van der Waals surface area contributed by atoms with Crippen molar-refractivity contribution in [2.45, 2.75) is 42.4 Å². The van der Waals surface area contributed by atoms with Gasteiger partial charge < -0.3 is 36.3 Å². The average Bonchev–Trinajstić information content (AvgIpc) is 3.27. The monoisotopic (exact) mass is 431 g/mol. The molecule has 3 heterocycles. The van der Waals surface area contributed by atoms with Crippen molar-refractivity contribution >= 4 is 22.5 Å². The summed E-state index contributed by atoms with van der Waals surface area (Å²) in [6.07, 6.45) is 1.59. The van der Waals surface area contributed by atoms with Gasteiger partial charge in [-0.3, -0.25) is 0 Å². The number of nitrogens with two attached hydrogens (primary N) is 2. The smallest absolute Gasteiger partial charge is 0.191 e. The number of phenolic OH excluding ortho intramolecular Hbond substituents is 1. The topological polar surface area (TPSA) is 133 Å². The minimum absolute atomic E-state index is 0.00681. The second-order valence-electron chi connectivity index (χ2n) is 9.75. The molecule has 1 saturated heterocycles. The van der Waals surface area contributed by atoms with Gasteiger partial charge in [0.15, 0.2) is 23.6 Å². The number of aliphatic hydroxyl groups is 1. The number of aromatic hydroxyl groups is 1. The van der Waals surface area contributed by atoms with Crippen LogP contribution >= 0.6 is 0 Å². The number of benzene rings is 2. The van der Waals surface area contributed by atoms with Crippen LogP contribution < -0.4 is 16.2 Å². The lowest BCUT2D eigenvalue weighted by molar-refractivity contribution is -0.167. The Morgan fingerprint density at radius 2 is 2.12 bits per heavy atom. The molecule has 2 aliphatic heterocycles. The lowest BCUT2D eigenvalue weighted by Gasteiger charge is -2.62. The molecule has 4 atom stereocenters. The highest BCUT2D eigenvalue weighted by Gasteiger charge is 2.72. The molecule has 7 N–H and O–H groups in total. The number of aromatic amines is 1. The van der Waals surface area contributed by atoms with Crippen LogP contribution in [0.15, 0.2) is 35.3 Å². The normalized spacial score (nSPS) is 31.7. The highest BCUT2D eigenvalue weighted by atomic mass is 16.5. The van der Waals surface area contributed by atoms with Gasteiger partial charge in [-0.2, -0.15) is 0 Å². The van der Waals surface area contributed by atoms with Crippen LogP contribution in [-0.2, 0) is 18.3 Å². The van der Waals surface area contributed by atoms with Crippen molar-refractivity contribution in [3.8, 4) is 11.5 Å². The number of likely N-dealkylation sites (N-methyl/N-ethyl adjacent to an activating group) is 1. The van der Waals surface area contributed by atoms with E-state index in [1.807, 2.05) is 24.3 Å². The summed E-state index contributed by atoms with van der Waals surface area (Å²) in [7, 11) is 2.09.